The highest BCUT2D eigenvalue weighted by molar-refractivity contribution is 7.92. The van der Waals surface area contributed by atoms with Crippen LogP contribution in [0.1, 0.15) is 5.56 Å². The van der Waals surface area contributed by atoms with Gasteiger partial charge in [0.05, 0.1) is 41.9 Å². The molecule has 0 aliphatic carbocycles. The van der Waals surface area contributed by atoms with Crippen LogP contribution in [-0.2, 0) is 22.7 Å². The Morgan fingerprint density at radius 3 is 2.71 bits per heavy atom. The number of hydrogen-bond donors (Lipinski definition) is 1. The minimum atomic E-state index is -4.56. The highest BCUT2D eigenvalue weighted by Gasteiger charge is 2.31. The maximum Gasteiger partial charge on any atom is 0.416 e. The fraction of sp³-hybridized carbons (Fsp3) is 0.105. The lowest BCUT2D eigenvalue weighted by Crippen LogP contribution is -2.13. The number of alkyl halides is 3. The van der Waals surface area contributed by atoms with Gasteiger partial charge in [-0.15, -0.1) is 6.58 Å². The van der Waals surface area contributed by atoms with E-state index >= 15 is 0 Å². The molecule has 4 rings (SSSR count). The van der Waals surface area contributed by atoms with Gasteiger partial charge in [0.15, 0.2) is 5.82 Å². The predicted octanol–water partition coefficient (Wildman–Crippen LogP) is 3.62. The average Bonchev–Trinajstić information content (AvgIpc) is 3.36. The first-order valence-electron chi connectivity index (χ1n) is 8.85. The van der Waals surface area contributed by atoms with Crippen LogP contribution < -0.4 is 4.72 Å². The molecule has 4 aromatic rings. The van der Waals surface area contributed by atoms with E-state index in [0.29, 0.717) is 17.7 Å². The number of allylic oxidation sites excluding steroid dienone is 1. The van der Waals surface area contributed by atoms with Crippen LogP contribution >= 0.6 is 0 Å². The van der Waals surface area contributed by atoms with E-state index in [1.165, 1.54) is 0 Å². The molecule has 0 fully saturated rings. The molecule has 0 saturated carbocycles. The lowest BCUT2D eigenvalue weighted by atomic mass is 10.2. The van der Waals surface area contributed by atoms with Gasteiger partial charge in [-0.05, 0) is 18.2 Å². The predicted molar refractivity (Wildman–Crippen MR) is 107 cm³/mol. The standard InChI is InChI=1S/C19H15F3N6O2S/c1-2-8-27-18-13(10-24-27)4-3-5-16(18)26-31(29,30)15-11-25-28(12-15)17-9-14(6-7-23-17)19(20,21)22/h2-7,9-12,26H,1,8H2. The van der Waals surface area contributed by atoms with Gasteiger partial charge < -0.3 is 0 Å². The molecule has 0 radical (unpaired) electrons. The van der Waals surface area contributed by atoms with E-state index in [0.717, 1.165) is 40.8 Å². The van der Waals surface area contributed by atoms with E-state index < -0.39 is 21.8 Å². The summed E-state index contributed by atoms with van der Waals surface area (Å²) in [6.07, 6.45) is 1.78. The average molecular weight is 448 g/mol. The lowest BCUT2D eigenvalue weighted by Gasteiger charge is -2.10. The molecule has 3 heterocycles. The number of rotatable bonds is 6. The number of hydrogen-bond acceptors (Lipinski definition) is 5. The van der Waals surface area contributed by atoms with Gasteiger partial charge >= 0.3 is 6.18 Å². The number of halogens is 3. The number of fused-ring (bicyclic) bond motifs is 1. The van der Waals surface area contributed by atoms with Crippen LogP contribution in [-0.4, -0.2) is 33.0 Å². The molecule has 0 bridgehead atoms. The molecule has 0 amide bonds. The van der Waals surface area contributed by atoms with E-state index in [-0.39, 0.29) is 10.7 Å². The van der Waals surface area contributed by atoms with Crippen molar-refractivity contribution in [2.75, 3.05) is 4.72 Å². The molecule has 0 saturated heterocycles. The number of benzene rings is 1. The number of nitrogens with one attached hydrogen (secondary N) is 1. The second-order valence-corrected chi connectivity index (χ2v) is 8.17. The van der Waals surface area contributed by atoms with Crippen LogP contribution in [0.5, 0.6) is 0 Å². The Hall–Kier alpha value is -3.67. The Morgan fingerprint density at radius 2 is 1.97 bits per heavy atom. The molecule has 0 atom stereocenters. The molecule has 1 N–H and O–H groups in total. The van der Waals surface area contributed by atoms with Crippen molar-refractivity contribution < 1.29 is 21.6 Å². The zero-order chi connectivity index (χ0) is 22.2. The fourth-order valence-electron chi connectivity index (χ4n) is 2.98. The van der Waals surface area contributed by atoms with Crippen molar-refractivity contribution in [3.63, 3.8) is 0 Å². The van der Waals surface area contributed by atoms with Gasteiger partial charge in [0.2, 0.25) is 0 Å². The third-order valence-electron chi connectivity index (χ3n) is 4.38. The number of sulfonamides is 1. The van der Waals surface area contributed by atoms with E-state index in [2.05, 4.69) is 26.5 Å². The zero-order valence-electron chi connectivity index (χ0n) is 15.8. The first-order chi connectivity index (χ1) is 14.7. The topological polar surface area (TPSA) is 94.7 Å². The van der Waals surface area contributed by atoms with Gasteiger partial charge in [-0.25, -0.2) is 18.1 Å². The summed E-state index contributed by atoms with van der Waals surface area (Å²) in [6, 6.07) is 6.65. The smallest absolute Gasteiger partial charge is 0.277 e. The minimum Gasteiger partial charge on any atom is -0.277 e. The van der Waals surface area contributed by atoms with Crippen molar-refractivity contribution in [2.45, 2.75) is 17.6 Å². The molecule has 160 valence electrons. The second kappa shape index (κ2) is 7.54. The van der Waals surface area contributed by atoms with Crippen LogP contribution in [0.25, 0.3) is 16.7 Å². The normalized spacial score (nSPS) is 12.2. The summed E-state index contributed by atoms with van der Waals surface area (Å²) in [4.78, 5) is 3.60. The van der Waals surface area contributed by atoms with E-state index in [9.17, 15) is 21.6 Å². The molecule has 31 heavy (non-hydrogen) atoms. The van der Waals surface area contributed by atoms with Gasteiger partial charge in [-0.1, -0.05) is 18.2 Å². The quantitative estimate of drug-likeness (QED) is 0.455. The molecule has 0 spiro atoms. The molecular weight excluding hydrogens is 433 g/mol. The van der Waals surface area contributed by atoms with E-state index in [4.69, 9.17) is 0 Å². The minimum absolute atomic E-state index is 0.164. The Bertz CT molecular complexity index is 1370. The zero-order valence-corrected chi connectivity index (χ0v) is 16.6. The third-order valence-corrected chi connectivity index (χ3v) is 5.70. The summed E-state index contributed by atoms with van der Waals surface area (Å²) in [5, 5.41) is 8.80. The number of nitrogens with zero attached hydrogens (tertiary/aromatic N) is 5. The number of para-hydroxylation sites is 1. The summed E-state index contributed by atoms with van der Waals surface area (Å²) in [7, 11) is -4.09. The number of pyridine rings is 1. The largest absolute Gasteiger partial charge is 0.416 e. The summed E-state index contributed by atoms with van der Waals surface area (Å²) < 4.78 is 69.6. The molecule has 0 aliphatic rings. The maximum absolute atomic E-state index is 12.9. The summed E-state index contributed by atoms with van der Waals surface area (Å²) >= 11 is 0. The first kappa shape index (κ1) is 20.6. The Labute approximate surface area is 174 Å². The Morgan fingerprint density at radius 1 is 1.16 bits per heavy atom. The van der Waals surface area contributed by atoms with Crippen LogP contribution in [0.4, 0.5) is 18.9 Å². The SMILES string of the molecule is C=CCn1ncc2cccc(NS(=O)(=O)c3cnn(-c4cc(C(F)(F)F)ccn4)c3)c21. The van der Waals surface area contributed by atoms with Crippen molar-refractivity contribution in [1.82, 2.24) is 24.5 Å². The van der Waals surface area contributed by atoms with Crippen molar-refractivity contribution in [1.29, 1.82) is 0 Å². The van der Waals surface area contributed by atoms with Crippen LogP contribution in [0.3, 0.4) is 0 Å². The van der Waals surface area contributed by atoms with Gasteiger partial charge in [0.25, 0.3) is 10.0 Å². The molecule has 8 nitrogen and oxygen atoms in total. The van der Waals surface area contributed by atoms with Crippen molar-refractivity contribution in [3.05, 3.63) is 73.3 Å². The van der Waals surface area contributed by atoms with Gasteiger partial charge in [0.1, 0.15) is 4.90 Å². The molecule has 3 aromatic heterocycles. The highest BCUT2D eigenvalue weighted by atomic mass is 32.2. The summed E-state index contributed by atoms with van der Waals surface area (Å²) in [6.45, 7) is 4.04. The van der Waals surface area contributed by atoms with Crippen molar-refractivity contribution in [3.8, 4) is 5.82 Å². The number of aromatic nitrogens is 5. The van der Waals surface area contributed by atoms with Crippen LogP contribution in [0, 0.1) is 0 Å². The van der Waals surface area contributed by atoms with Crippen molar-refractivity contribution >= 4 is 26.6 Å². The van der Waals surface area contributed by atoms with E-state index in [1.807, 2.05) is 0 Å². The van der Waals surface area contributed by atoms with Gasteiger partial charge in [-0.3, -0.25) is 9.40 Å². The van der Waals surface area contributed by atoms with Crippen LogP contribution in [0.15, 0.2) is 72.7 Å². The molecular formula is C19H15F3N6O2S. The highest BCUT2D eigenvalue weighted by Crippen LogP contribution is 2.30. The second-order valence-electron chi connectivity index (χ2n) is 6.49. The lowest BCUT2D eigenvalue weighted by molar-refractivity contribution is -0.137. The molecule has 1 aromatic carbocycles. The Kier molecular flexibility index (Phi) is 5.01. The maximum atomic E-state index is 12.9. The monoisotopic (exact) mass is 448 g/mol. The fourth-order valence-corrected chi connectivity index (χ4v) is 3.98. The van der Waals surface area contributed by atoms with Crippen molar-refractivity contribution in [2.24, 2.45) is 0 Å². The third kappa shape index (κ3) is 4.01. The van der Waals surface area contributed by atoms with E-state index in [1.54, 1.807) is 35.2 Å². The van der Waals surface area contributed by atoms with Gasteiger partial charge in [-0.2, -0.15) is 23.4 Å². The summed E-state index contributed by atoms with van der Waals surface area (Å²) in [5.41, 5.74) is -0.0580. The molecule has 0 aliphatic heterocycles. The molecule has 12 heteroatoms. The first-order valence-corrected chi connectivity index (χ1v) is 10.3. The summed E-state index contributed by atoms with van der Waals surface area (Å²) in [5.74, 6) is -0.164. The molecule has 0 unspecified atom stereocenters. The van der Waals surface area contributed by atoms with Gasteiger partial charge in [0, 0.05) is 11.6 Å². The van der Waals surface area contributed by atoms with Crippen LogP contribution in [0.2, 0.25) is 0 Å². The number of anilines is 1. The Balaban J connectivity index is 1.68.